The van der Waals surface area contributed by atoms with E-state index in [-0.39, 0.29) is 34.1 Å². The number of hydrogen-bond acceptors (Lipinski definition) is 8. The van der Waals surface area contributed by atoms with Crippen LogP contribution in [-0.2, 0) is 34.1 Å². The molecule has 4 rings (SSSR count). The topological polar surface area (TPSA) is 218 Å². The van der Waals surface area contributed by atoms with Crippen molar-refractivity contribution in [3.05, 3.63) is 152 Å². The van der Waals surface area contributed by atoms with Gasteiger partial charge < -0.3 is 22.1 Å². The molecule has 30 heteroatoms. The predicted octanol–water partition coefficient (Wildman–Crippen LogP) is 13.3. The van der Waals surface area contributed by atoms with Crippen molar-refractivity contribution >= 4 is 40.5 Å². The minimum atomic E-state index is -10.7. The summed E-state index contributed by atoms with van der Waals surface area (Å²) in [6, 6.07) is 23.1. The molecular formula is C30H32F12Mn2N14P2. The summed E-state index contributed by atoms with van der Waals surface area (Å²) in [5, 5.41) is 0. The first kappa shape index (κ1) is 61.6. The van der Waals surface area contributed by atoms with Gasteiger partial charge in [-0.05, 0) is 61.4 Å². The van der Waals surface area contributed by atoms with Gasteiger partial charge in [-0.3, -0.25) is 49.7 Å². The van der Waals surface area contributed by atoms with E-state index < -0.39 is 15.6 Å². The molecule has 0 aliphatic heterocycles. The van der Waals surface area contributed by atoms with E-state index in [1.54, 1.807) is 49.6 Å². The van der Waals surface area contributed by atoms with Gasteiger partial charge in [0.2, 0.25) is 0 Å². The molecule has 0 aliphatic carbocycles. The molecule has 0 aromatic carbocycles. The van der Waals surface area contributed by atoms with Crippen LogP contribution in [0.2, 0.25) is 0 Å². The van der Waals surface area contributed by atoms with Crippen LogP contribution in [0.5, 0.6) is 0 Å². The minimum absolute atomic E-state index is 0. The number of pyridine rings is 4. The van der Waals surface area contributed by atoms with Gasteiger partial charge in [-0.1, -0.05) is 24.3 Å². The number of aliphatic imine (C=N–C) groups is 4. The number of aromatic nitrogens is 4. The normalized spacial score (nSPS) is 12.9. The van der Waals surface area contributed by atoms with Gasteiger partial charge in [0.1, 0.15) is 0 Å². The van der Waals surface area contributed by atoms with Crippen LogP contribution in [0.25, 0.3) is 31.9 Å². The second kappa shape index (κ2) is 28.4. The third kappa shape index (κ3) is 64.8. The maximum absolute atomic E-state index is 10.7. The molecule has 0 atom stereocenters. The maximum atomic E-state index is 9.87. The van der Waals surface area contributed by atoms with Crippen molar-refractivity contribution in [2.45, 2.75) is 12.8 Å². The van der Waals surface area contributed by atoms with Crippen molar-refractivity contribution in [1.82, 2.24) is 19.9 Å². The Kier molecular flexibility index (Phi) is 29.2. The molecular weight excluding hydrogens is 956 g/mol. The summed E-state index contributed by atoms with van der Waals surface area (Å²) >= 11 is 0. The SMILES string of the molecule is C(=NCCCN=Cc1ccccn1)c1ccccn1.C(=NCCCN=Cc1ccccn1)c1ccccn1.F[P-](F)(F)(F)(F)F.F[P-](F)(F)(F)(F)F.[Mn+2].[Mn+2].[N-]=[N+]=[N-].[N-]=[N+]=[N-]. The smallest absolute Gasteiger partial charge is 0.373 e. The van der Waals surface area contributed by atoms with Crippen LogP contribution < -0.4 is 0 Å². The molecule has 0 saturated heterocycles. The summed E-state index contributed by atoms with van der Waals surface area (Å²) in [5.74, 6) is 0. The molecule has 4 aromatic heterocycles. The van der Waals surface area contributed by atoms with Gasteiger partial charge in [0.05, 0.1) is 22.8 Å². The predicted molar refractivity (Wildman–Crippen MR) is 203 cm³/mol. The van der Waals surface area contributed by atoms with Crippen molar-refractivity contribution in [3.63, 3.8) is 0 Å². The molecule has 0 amide bonds. The molecule has 0 fully saturated rings. The number of rotatable bonds is 12. The number of hydrogen-bond donors (Lipinski definition) is 0. The Morgan fingerprint density at radius 1 is 0.400 bits per heavy atom. The second-order valence-corrected chi connectivity index (χ2v) is 13.8. The van der Waals surface area contributed by atoms with Crippen LogP contribution in [-0.4, -0.2) is 71.0 Å². The summed E-state index contributed by atoms with van der Waals surface area (Å²) in [5.41, 5.74) is 30.6. The Morgan fingerprint density at radius 3 is 0.700 bits per heavy atom. The van der Waals surface area contributed by atoms with Crippen molar-refractivity contribution in [1.29, 1.82) is 0 Å². The van der Waals surface area contributed by atoms with Crippen LogP contribution in [0.15, 0.2) is 118 Å². The monoisotopic (exact) mass is 988 g/mol. The van der Waals surface area contributed by atoms with Crippen LogP contribution in [0.1, 0.15) is 35.6 Å². The summed E-state index contributed by atoms with van der Waals surface area (Å²) in [7, 11) is -21.3. The Hall–Kier alpha value is -5.04. The van der Waals surface area contributed by atoms with Gasteiger partial charge in [0.15, 0.2) is 0 Å². The first-order chi connectivity index (χ1) is 26.6. The first-order valence-electron chi connectivity index (χ1n) is 15.4. The molecule has 330 valence electrons. The fourth-order valence-electron chi connectivity index (χ4n) is 2.95. The molecule has 0 N–H and O–H groups in total. The number of nitrogens with zero attached hydrogens (tertiary/aromatic N) is 14. The van der Waals surface area contributed by atoms with E-state index in [1.807, 2.05) is 72.8 Å². The van der Waals surface area contributed by atoms with Gasteiger partial charge in [-0.25, -0.2) is 0 Å². The number of halogens is 12. The van der Waals surface area contributed by atoms with Crippen molar-refractivity contribution in [2.24, 2.45) is 20.0 Å². The van der Waals surface area contributed by atoms with E-state index in [0.717, 1.165) is 61.8 Å². The van der Waals surface area contributed by atoms with E-state index >= 15 is 0 Å². The maximum Gasteiger partial charge on any atom is 2.00 e. The van der Waals surface area contributed by atoms with E-state index in [2.05, 4.69) is 39.9 Å². The van der Waals surface area contributed by atoms with Crippen molar-refractivity contribution in [3.8, 4) is 0 Å². The van der Waals surface area contributed by atoms with Crippen LogP contribution in [0, 0.1) is 0 Å². The zero-order chi connectivity index (χ0) is 44.6. The van der Waals surface area contributed by atoms with E-state index in [1.165, 1.54) is 9.82 Å². The third-order valence-electron chi connectivity index (χ3n) is 4.79. The molecule has 14 nitrogen and oxygen atoms in total. The first-order valence-corrected chi connectivity index (χ1v) is 19.4. The average molecular weight is 988 g/mol. The molecule has 0 bridgehead atoms. The summed E-state index contributed by atoms with van der Waals surface area (Å²) in [6.45, 7) is 3.04. The van der Waals surface area contributed by atoms with E-state index in [0.29, 0.717) is 0 Å². The largest absolute Gasteiger partial charge is 2.00 e. The van der Waals surface area contributed by atoms with E-state index in [4.69, 9.17) is 22.1 Å². The van der Waals surface area contributed by atoms with Crippen LogP contribution >= 0.6 is 15.6 Å². The van der Waals surface area contributed by atoms with Gasteiger partial charge in [-0.15, -0.1) is 0 Å². The minimum Gasteiger partial charge on any atom is -0.373 e. The Morgan fingerprint density at radius 2 is 0.567 bits per heavy atom. The Bertz CT molecular complexity index is 1640. The standard InChI is InChI=1S/2C15H16N4.2F6P.2Mn.2N3/c2*1-3-10-18-14(6-1)12-16-8-5-9-17-13-15-7-2-4-11-19-15;2*1-7(2,3,4,5)6;;;2*1-3-2/h2*1-4,6-7,10-13H,5,8-9H2;;;;;;/q;;2*-1;2*+2;2*-1. The second-order valence-electron chi connectivity index (χ2n) is 9.96. The van der Waals surface area contributed by atoms with Crippen LogP contribution in [0.3, 0.4) is 0 Å². The summed E-state index contributed by atoms with van der Waals surface area (Å²) in [4.78, 5) is 36.9. The zero-order valence-corrected chi connectivity index (χ0v) is 34.4. The van der Waals surface area contributed by atoms with Crippen molar-refractivity contribution in [2.75, 3.05) is 26.2 Å². The fourth-order valence-corrected chi connectivity index (χ4v) is 2.95. The molecule has 2 radical (unpaired) electrons. The quantitative estimate of drug-likeness (QED) is 0.0198. The molecule has 0 aliphatic rings. The molecule has 0 spiro atoms. The zero-order valence-electron chi connectivity index (χ0n) is 30.2. The average Bonchev–Trinajstić information content (AvgIpc) is 3.11. The summed E-state index contributed by atoms with van der Waals surface area (Å²) < 4.78 is 118. The van der Waals surface area contributed by atoms with Gasteiger partial charge in [0, 0.05) is 75.8 Å². The van der Waals surface area contributed by atoms with Crippen LogP contribution in [0.4, 0.5) is 50.4 Å². The molecule has 4 heterocycles. The van der Waals surface area contributed by atoms with E-state index in [9.17, 15) is 50.4 Å². The molecule has 0 saturated carbocycles. The van der Waals surface area contributed by atoms with Gasteiger partial charge in [-0.2, -0.15) is 0 Å². The Balaban J connectivity index is -0.000000356. The fraction of sp³-hybridized carbons (Fsp3) is 0.200. The third-order valence-corrected chi connectivity index (χ3v) is 4.79. The van der Waals surface area contributed by atoms with Gasteiger partial charge >= 0.3 is 100 Å². The Labute approximate surface area is 355 Å². The van der Waals surface area contributed by atoms with Gasteiger partial charge in [0.25, 0.3) is 0 Å². The summed E-state index contributed by atoms with van der Waals surface area (Å²) in [6.07, 6.45) is 16.1. The molecule has 60 heavy (non-hydrogen) atoms. The molecule has 0 unspecified atom stereocenters. The molecule has 4 aromatic rings. The van der Waals surface area contributed by atoms with Crippen molar-refractivity contribution < 1.29 is 84.5 Å².